The lowest BCUT2D eigenvalue weighted by Crippen LogP contribution is -2.10. The van der Waals surface area contributed by atoms with Crippen molar-refractivity contribution in [3.8, 4) is 50.2 Å². The van der Waals surface area contributed by atoms with Gasteiger partial charge in [0.1, 0.15) is 0 Å². The summed E-state index contributed by atoms with van der Waals surface area (Å²) in [6.07, 6.45) is 0. The summed E-state index contributed by atoms with van der Waals surface area (Å²) in [4.78, 5) is 2.19. The molecule has 56 heavy (non-hydrogen) atoms. The largest absolute Gasteiger partial charge is 0.310 e. The summed E-state index contributed by atoms with van der Waals surface area (Å²) in [6.45, 7) is 0. The predicted molar refractivity (Wildman–Crippen MR) is 237 cm³/mol. The standard InChI is InChI=1S/C54H38N2/c1-4-15-39(16-5-1)41-29-33-47(34-30-41)55(48-35-31-42(32-36-48)40-17-6-2-7-18-40)49-24-13-20-44(38-49)43-19-12-21-45(37-43)50-26-14-28-53-54(50)51-25-10-11-27-52(51)56(53)46-22-8-3-9-23-46/h1-38H/i1D,4D,5D,15D,16D. The van der Waals surface area contributed by atoms with Crippen LogP contribution in [0.25, 0.3) is 72.0 Å². The van der Waals surface area contributed by atoms with Gasteiger partial charge < -0.3 is 9.47 Å². The first-order valence-electron chi connectivity index (χ1n) is 21.3. The van der Waals surface area contributed by atoms with Crippen LogP contribution in [0.5, 0.6) is 0 Å². The molecule has 0 aliphatic carbocycles. The highest BCUT2D eigenvalue weighted by atomic mass is 15.1. The number of hydrogen-bond donors (Lipinski definition) is 0. The maximum Gasteiger partial charge on any atom is 0.0629 e. The van der Waals surface area contributed by atoms with Crippen LogP contribution in [0.1, 0.15) is 6.85 Å². The van der Waals surface area contributed by atoms with Crippen LogP contribution in [-0.2, 0) is 0 Å². The van der Waals surface area contributed by atoms with E-state index < -0.39 is 6.04 Å². The molecule has 0 bridgehead atoms. The van der Waals surface area contributed by atoms with E-state index in [1.54, 1.807) is 0 Å². The van der Waals surface area contributed by atoms with E-state index in [4.69, 9.17) is 6.85 Å². The fraction of sp³-hybridized carbons (Fsp3) is 0. The van der Waals surface area contributed by atoms with Gasteiger partial charge in [-0.2, -0.15) is 0 Å². The van der Waals surface area contributed by atoms with Gasteiger partial charge in [0.15, 0.2) is 0 Å². The van der Waals surface area contributed by atoms with Crippen molar-refractivity contribution in [3.05, 3.63) is 230 Å². The maximum atomic E-state index is 8.57. The van der Waals surface area contributed by atoms with E-state index in [1.807, 2.05) is 48.5 Å². The Morgan fingerprint density at radius 3 is 1.62 bits per heavy atom. The number of aromatic nitrogens is 1. The van der Waals surface area contributed by atoms with Gasteiger partial charge >= 0.3 is 0 Å². The topological polar surface area (TPSA) is 8.17 Å². The first kappa shape index (κ1) is 28.1. The van der Waals surface area contributed by atoms with E-state index in [0.717, 1.165) is 56.1 Å². The molecule has 264 valence electrons. The molecular formula is C54H38N2. The molecule has 2 heteroatoms. The van der Waals surface area contributed by atoms with Gasteiger partial charge in [-0.25, -0.2) is 0 Å². The van der Waals surface area contributed by atoms with Gasteiger partial charge in [0.2, 0.25) is 0 Å². The molecule has 0 atom stereocenters. The minimum absolute atomic E-state index is 0.179. The van der Waals surface area contributed by atoms with Gasteiger partial charge in [-0.15, -0.1) is 0 Å². The molecule has 0 amide bonds. The lowest BCUT2D eigenvalue weighted by Gasteiger charge is -2.26. The average Bonchev–Trinajstić information content (AvgIpc) is 3.66. The van der Waals surface area contributed by atoms with E-state index in [0.29, 0.717) is 5.56 Å². The molecule has 0 saturated carbocycles. The third-order valence-electron chi connectivity index (χ3n) is 10.5. The Bertz CT molecular complexity index is 3200. The van der Waals surface area contributed by atoms with E-state index in [1.165, 1.54) is 21.9 Å². The summed E-state index contributed by atoms with van der Waals surface area (Å²) in [7, 11) is 0. The highest BCUT2D eigenvalue weighted by Crippen LogP contribution is 2.41. The zero-order chi connectivity index (χ0) is 41.6. The second-order valence-corrected chi connectivity index (χ2v) is 13.8. The van der Waals surface area contributed by atoms with Crippen LogP contribution in [0, 0.1) is 0 Å². The fourth-order valence-electron chi connectivity index (χ4n) is 7.86. The number of para-hydroxylation sites is 2. The Hall–Kier alpha value is -7.42. The number of benzene rings is 9. The fourth-order valence-corrected chi connectivity index (χ4v) is 7.86. The number of hydrogen-bond acceptors (Lipinski definition) is 1. The van der Waals surface area contributed by atoms with Crippen molar-refractivity contribution in [1.29, 1.82) is 0 Å². The molecule has 1 heterocycles. The Morgan fingerprint density at radius 2 is 0.893 bits per heavy atom. The van der Waals surface area contributed by atoms with Crippen molar-refractivity contribution in [3.63, 3.8) is 0 Å². The predicted octanol–water partition coefficient (Wildman–Crippen LogP) is 14.9. The minimum atomic E-state index is -0.404. The van der Waals surface area contributed by atoms with Crippen LogP contribution in [-0.4, -0.2) is 4.57 Å². The van der Waals surface area contributed by atoms with E-state index in [-0.39, 0.29) is 29.7 Å². The second kappa shape index (κ2) is 14.4. The molecular weight excluding hydrogens is 677 g/mol. The summed E-state index contributed by atoms with van der Waals surface area (Å²) >= 11 is 0. The lowest BCUT2D eigenvalue weighted by molar-refractivity contribution is 1.18. The van der Waals surface area contributed by atoms with Crippen LogP contribution < -0.4 is 4.90 Å². The molecule has 0 fully saturated rings. The Morgan fingerprint density at radius 1 is 0.357 bits per heavy atom. The highest BCUT2D eigenvalue weighted by Gasteiger charge is 2.18. The molecule has 10 aromatic rings. The van der Waals surface area contributed by atoms with Crippen molar-refractivity contribution in [2.75, 3.05) is 4.90 Å². The third kappa shape index (κ3) is 6.14. The van der Waals surface area contributed by atoms with Gasteiger partial charge in [0, 0.05) is 33.5 Å². The van der Waals surface area contributed by atoms with Gasteiger partial charge in [0.05, 0.1) is 17.9 Å². The summed E-state index contributed by atoms with van der Waals surface area (Å²) in [5, 5.41) is 2.42. The molecule has 0 N–H and O–H groups in total. The monoisotopic (exact) mass is 719 g/mol. The summed E-state index contributed by atoms with van der Waals surface area (Å²) < 4.78 is 44.0. The van der Waals surface area contributed by atoms with Crippen molar-refractivity contribution in [2.45, 2.75) is 0 Å². The summed E-state index contributed by atoms with van der Waals surface area (Å²) in [5.74, 6) is 0. The number of fused-ring (bicyclic) bond motifs is 3. The van der Waals surface area contributed by atoms with Gasteiger partial charge in [-0.3, -0.25) is 0 Å². The third-order valence-corrected chi connectivity index (χ3v) is 10.5. The molecule has 0 spiro atoms. The first-order valence-corrected chi connectivity index (χ1v) is 18.8. The Labute approximate surface area is 334 Å². The highest BCUT2D eigenvalue weighted by molar-refractivity contribution is 6.15. The molecule has 0 saturated heterocycles. The van der Waals surface area contributed by atoms with Crippen molar-refractivity contribution >= 4 is 38.9 Å². The van der Waals surface area contributed by atoms with Crippen LogP contribution in [0.3, 0.4) is 0 Å². The molecule has 0 aliphatic rings. The molecule has 0 unspecified atom stereocenters. The molecule has 10 rings (SSSR count). The van der Waals surface area contributed by atoms with Gasteiger partial charge in [-0.1, -0.05) is 164 Å². The van der Waals surface area contributed by atoms with E-state index >= 15 is 0 Å². The van der Waals surface area contributed by atoms with Crippen LogP contribution >= 0.6 is 0 Å². The smallest absolute Gasteiger partial charge is 0.0629 e. The SMILES string of the molecule is [2H]c1c([2H])c([2H])c(-c2ccc(N(c3ccc(-c4ccccc4)cc3)c3cccc(-c4cccc(-c5cccc6c5c5ccccc5n6-c5ccccc5)c4)c3)cc2)c([2H])c1[2H]. The molecule has 0 radical (unpaired) electrons. The van der Waals surface area contributed by atoms with Gasteiger partial charge in [-0.05, 0) is 111 Å². The van der Waals surface area contributed by atoms with Crippen molar-refractivity contribution in [1.82, 2.24) is 4.57 Å². The quantitative estimate of drug-likeness (QED) is 0.152. The second-order valence-electron chi connectivity index (χ2n) is 13.8. The van der Waals surface area contributed by atoms with Gasteiger partial charge in [0.25, 0.3) is 0 Å². The number of nitrogens with zero attached hydrogens (tertiary/aromatic N) is 2. The van der Waals surface area contributed by atoms with Crippen molar-refractivity contribution < 1.29 is 6.85 Å². The number of rotatable bonds is 8. The lowest BCUT2D eigenvalue weighted by atomic mass is 9.95. The van der Waals surface area contributed by atoms with Crippen LogP contribution in [0.15, 0.2) is 230 Å². The molecule has 9 aromatic carbocycles. The van der Waals surface area contributed by atoms with E-state index in [2.05, 4.69) is 161 Å². The van der Waals surface area contributed by atoms with Crippen LogP contribution in [0.4, 0.5) is 17.1 Å². The summed E-state index contributed by atoms with van der Waals surface area (Å²) in [5.41, 5.74) is 13.6. The molecule has 2 nitrogen and oxygen atoms in total. The van der Waals surface area contributed by atoms with Crippen LogP contribution in [0.2, 0.25) is 0 Å². The Balaban J connectivity index is 1.07. The maximum absolute atomic E-state index is 8.57. The van der Waals surface area contributed by atoms with Crippen molar-refractivity contribution in [2.24, 2.45) is 0 Å². The summed E-state index contributed by atoms with van der Waals surface area (Å²) in [6, 6.07) is 67.8. The molecule has 0 aliphatic heterocycles. The normalized spacial score (nSPS) is 12.5. The van der Waals surface area contributed by atoms with E-state index in [9.17, 15) is 0 Å². The Kier molecular flexibility index (Phi) is 7.24. The minimum Gasteiger partial charge on any atom is -0.310 e. The zero-order valence-electron chi connectivity index (χ0n) is 35.4. The average molecular weight is 720 g/mol. The molecule has 1 aromatic heterocycles. The first-order chi connectivity index (χ1) is 29.9. The zero-order valence-corrected chi connectivity index (χ0v) is 30.4. The number of anilines is 3.